The van der Waals surface area contributed by atoms with Crippen LogP contribution in [0.5, 0.6) is 5.75 Å². The number of benzene rings is 2. The molecule has 184 valence electrons. The average molecular weight is 486 g/mol. The van der Waals surface area contributed by atoms with Gasteiger partial charge in [0.1, 0.15) is 5.75 Å². The van der Waals surface area contributed by atoms with Crippen LogP contribution in [0.25, 0.3) is 0 Å². The quantitative estimate of drug-likeness (QED) is 0.620. The van der Waals surface area contributed by atoms with E-state index in [4.69, 9.17) is 9.47 Å². The Morgan fingerprint density at radius 3 is 2.74 bits per heavy atom. The van der Waals surface area contributed by atoms with Crippen LogP contribution in [0.2, 0.25) is 0 Å². The van der Waals surface area contributed by atoms with E-state index in [-0.39, 0.29) is 17.0 Å². The van der Waals surface area contributed by atoms with Gasteiger partial charge in [0.05, 0.1) is 29.3 Å². The van der Waals surface area contributed by atoms with E-state index < -0.39 is 10.0 Å². The predicted octanol–water partition coefficient (Wildman–Crippen LogP) is 4.61. The van der Waals surface area contributed by atoms with Crippen LogP contribution >= 0.6 is 0 Å². The van der Waals surface area contributed by atoms with Crippen molar-refractivity contribution in [1.82, 2.24) is 0 Å². The minimum absolute atomic E-state index is 0.213. The molecule has 0 bridgehead atoms. The van der Waals surface area contributed by atoms with Gasteiger partial charge in [-0.15, -0.1) is 0 Å². The number of aliphatic hydroxyl groups is 1. The van der Waals surface area contributed by atoms with Crippen LogP contribution in [0.1, 0.15) is 62.1 Å². The summed E-state index contributed by atoms with van der Waals surface area (Å²) in [6, 6.07) is 11.1. The van der Waals surface area contributed by atoms with Crippen LogP contribution in [-0.4, -0.2) is 38.9 Å². The van der Waals surface area contributed by atoms with Gasteiger partial charge in [0.25, 0.3) is 10.0 Å². The smallest absolute Gasteiger partial charge is 0.264 e. The third-order valence-corrected chi connectivity index (χ3v) is 9.59. The largest absolute Gasteiger partial charge is 0.493 e. The maximum Gasteiger partial charge on any atom is 0.264 e. The zero-order valence-corrected chi connectivity index (χ0v) is 20.8. The van der Waals surface area contributed by atoms with Gasteiger partial charge in [-0.1, -0.05) is 19.1 Å². The highest BCUT2D eigenvalue weighted by atomic mass is 32.2. The van der Waals surface area contributed by atoms with E-state index in [2.05, 4.69) is 13.0 Å². The third-order valence-electron chi connectivity index (χ3n) is 7.68. The van der Waals surface area contributed by atoms with Gasteiger partial charge < -0.3 is 14.6 Å². The molecular weight excluding hydrogens is 450 g/mol. The molecule has 34 heavy (non-hydrogen) atoms. The average Bonchev–Trinajstić information content (AvgIpc) is 3.66. The second-order valence-electron chi connectivity index (χ2n) is 9.96. The van der Waals surface area contributed by atoms with Crippen LogP contribution in [-0.2, 0) is 34.2 Å². The van der Waals surface area contributed by atoms with Crippen molar-refractivity contribution in [2.75, 3.05) is 24.1 Å². The first-order valence-corrected chi connectivity index (χ1v) is 14.0. The van der Waals surface area contributed by atoms with Gasteiger partial charge in [-0.2, -0.15) is 0 Å². The van der Waals surface area contributed by atoms with E-state index in [9.17, 15) is 13.5 Å². The molecule has 2 aromatic carbocycles. The fourth-order valence-electron chi connectivity index (χ4n) is 5.39. The van der Waals surface area contributed by atoms with Crippen molar-refractivity contribution in [3.63, 3.8) is 0 Å². The number of aliphatic hydroxyl groups excluding tert-OH is 1. The fraction of sp³-hybridized carbons (Fsp3) is 0.556. The monoisotopic (exact) mass is 485 g/mol. The maximum atomic E-state index is 14.0. The summed E-state index contributed by atoms with van der Waals surface area (Å²) in [5.74, 6) is 0.962. The number of ether oxygens (including phenoxy) is 2. The molecule has 1 saturated heterocycles. The molecule has 5 rings (SSSR count). The SMILES string of the molecule is CCc1ccc2c(c1)CCC1(CC1)N2S(=O)(=O)c1ccc(OCC2CCCOCC2)c(CO)c1. The maximum absolute atomic E-state index is 14.0. The van der Waals surface area contributed by atoms with Crippen molar-refractivity contribution < 1.29 is 23.0 Å². The van der Waals surface area contributed by atoms with Crippen LogP contribution in [0.15, 0.2) is 41.3 Å². The summed E-state index contributed by atoms with van der Waals surface area (Å²) in [6.45, 7) is 3.94. The Balaban J connectivity index is 1.43. The lowest BCUT2D eigenvalue weighted by molar-refractivity contribution is 0.137. The topological polar surface area (TPSA) is 76.1 Å². The molecule has 6 nitrogen and oxygen atoms in total. The lowest BCUT2D eigenvalue weighted by Crippen LogP contribution is -2.45. The van der Waals surface area contributed by atoms with E-state index in [1.54, 1.807) is 22.5 Å². The van der Waals surface area contributed by atoms with Crippen molar-refractivity contribution in [3.05, 3.63) is 53.1 Å². The van der Waals surface area contributed by atoms with Gasteiger partial charge >= 0.3 is 0 Å². The number of aryl methyl sites for hydroxylation is 2. The standard InChI is InChI=1S/C27H35NO5S/c1-2-20-5-7-25-22(16-20)9-11-27(12-13-27)28(25)34(30,31)24-6-8-26(23(17-24)18-29)33-19-21-4-3-14-32-15-10-21/h5-8,16-17,21,29H,2-4,9-15,18-19H2,1H3. The number of nitrogens with zero attached hydrogens (tertiary/aromatic N) is 1. The molecular formula is C27H35NO5S. The summed E-state index contributed by atoms with van der Waals surface area (Å²) in [5, 5.41) is 10.0. The summed E-state index contributed by atoms with van der Waals surface area (Å²) in [7, 11) is -3.78. The second-order valence-corrected chi connectivity index (χ2v) is 11.7. The number of fused-ring (bicyclic) bond motifs is 1. The molecule has 0 radical (unpaired) electrons. The molecule has 2 aromatic rings. The van der Waals surface area contributed by atoms with Gasteiger partial charge in [0.2, 0.25) is 0 Å². The number of sulfonamides is 1. The Kier molecular flexibility index (Phi) is 6.62. The van der Waals surface area contributed by atoms with E-state index >= 15 is 0 Å². The lowest BCUT2D eigenvalue weighted by atomic mass is 9.94. The van der Waals surface area contributed by atoms with Crippen molar-refractivity contribution >= 4 is 15.7 Å². The van der Waals surface area contributed by atoms with Crippen LogP contribution < -0.4 is 9.04 Å². The number of hydrogen-bond acceptors (Lipinski definition) is 5. The fourth-order valence-corrected chi connectivity index (χ4v) is 7.36. The van der Waals surface area contributed by atoms with Crippen LogP contribution in [0.4, 0.5) is 5.69 Å². The zero-order valence-electron chi connectivity index (χ0n) is 20.0. The van der Waals surface area contributed by atoms with Crippen molar-refractivity contribution in [2.24, 2.45) is 5.92 Å². The number of hydrogen-bond donors (Lipinski definition) is 1. The molecule has 1 saturated carbocycles. The van der Waals surface area contributed by atoms with Gasteiger partial charge in [-0.25, -0.2) is 8.42 Å². The van der Waals surface area contributed by atoms with E-state index in [1.807, 2.05) is 12.1 Å². The second kappa shape index (κ2) is 9.51. The third kappa shape index (κ3) is 4.45. The first kappa shape index (κ1) is 23.6. The highest BCUT2D eigenvalue weighted by Crippen LogP contribution is 2.54. The molecule has 1 aliphatic carbocycles. The highest BCUT2D eigenvalue weighted by molar-refractivity contribution is 7.93. The molecule has 1 unspecified atom stereocenters. The molecule has 0 amide bonds. The molecule has 2 heterocycles. The van der Waals surface area contributed by atoms with E-state index in [1.165, 1.54) is 5.56 Å². The first-order valence-electron chi connectivity index (χ1n) is 12.6. The molecule has 0 aromatic heterocycles. The molecule has 2 aliphatic heterocycles. The van der Waals surface area contributed by atoms with Gasteiger partial charge in [0.15, 0.2) is 0 Å². The molecule has 7 heteroatoms. The molecule has 1 N–H and O–H groups in total. The summed E-state index contributed by atoms with van der Waals surface area (Å²) >= 11 is 0. The zero-order chi connectivity index (χ0) is 23.8. The molecule has 1 atom stereocenters. The van der Waals surface area contributed by atoms with Crippen molar-refractivity contribution in [1.29, 1.82) is 0 Å². The summed E-state index contributed by atoms with van der Waals surface area (Å²) in [6.07, 6.45) is 7.51. The summed E-state index contributed by atoms with van der Waals surface area (Å²) < 4.78 is 41.2. The van der Waals surface area contributed by atoms with Crippen molar-refractivity contribution in [3.8, 4) is 5.75 Å². The summed E-state index contributed by atoms with van der Waals surface area (Å²) in [4.78, 5) is 0.213. The Bertz CT molecular complexity index is 1130. The predicted molar refractivity (Wildman–Crippen MR) is 132 cm³/mol. The minimum Gasteiger partial charge on any atom is -0.493 e. The van der Waals surface area contributed by atoms with Gasteiger partial charge in [-0.05, 0) is 92.7 Å². The Hall–Kier alpha value is -2.09. The minimum atomic E-state index is -3.78. The molecule has 2 fully saturated rings. The Morgan fingerprint density at radius 2 is 1.97 bits per heavy atom. The van der Waals surface area contributed by atoms with E-state index in [0.29, 0.717) is 23.8 Å². The lowest BCUT2D eigenvalue weighted by Gasteiger charge is -2.38. The van der Waals surface area contributed by atoms with Crippen LogP contribution in [0.3, 0.4) is 0 Å². The molecule has 1 spiro atoms. The first-order chi connectivity index (χ1) is 16.5. The summed E-state index contributed by atoms with van der Waals surface area (Å²) in [5.41, 5.74) is 3.34. The number of rotatable bonds is 7. The van der Waals surface area contributed by atoms with Gasteiger partial charge in [0, 0.05) is 18.8 Å². The van der Waals surface area contributed by atoms with Gasteiger partial charge in [-0.3, -0.25) is 4.31 Å². The highest BCUT2D eigenvalue weighted by Gasteiger charge is 2.55. The Labute approximate surface area is 202 Å². The number of anilines is 1. The van der Waals surface area contributed by atoms with Crippen LogP contribution in [0, 0.1) is 5.92 Å². The molecule has 3 aliphatic rings. The Morgan fingerprint density at radius 1 is 1.12 bits per heavy atom. The normalized spacial score (nSPS) is 21.7. The van der Waals surface area contributed by atoms with Crippen molar-refractivity contribution in [2.45, 2.75) is 75.3 Å². The van der Waals surface area contributed by atoms with E-state index in [0.717, 1.165) is 75.8 Å².